The summed E-state index contributed by atoms with van der Waals surface area (Å²) in [5.41, 5.74) is 3.48. The zero-order valence-electron chi connectivity index (χ0n) is 11.8. The molecular formula is C17H19ClFN. The largest absolute Gasteiger partial charge is 0.309 e. The van der Waals surface area contributed by atoms with Gasteiger partial charge in [0.15, 0.2) is 0 Å². The Kier molecular flexibility index (Phi) is 5.16. The fourth-order valence-electron chi connectivity index (χ4n) is 2.03. The van der Waals surface area contributed by atoms with Crippen LogP contribution in [0.5, 0.6) is 0 Å². The van der Waals surface area contributed by atoms with Crippen LogP contribution in [-0.2, 0) is 13.1 Å². The van der Waals surface area contributed by atoms with E-state index in [2.05, 4.69) is 43.4 Å². The lowest BCUT2D eigenvalue weighted by Crippen LogP contribution is -2.13. The van der Waals surface area contributed by atoms with Crippen molar-refractivity contribution >= 4 is 11.6 Å². The molecule has 0 radical (unpaired) electrons. The summed E-state index contributed by atoms with van der Waals surface area (Å²) in [7, 11) is 0. The zero-order chi connectivity index (χ0) is 14.5. The van der Waals surface area contributed by atoms with Crippen LogP contribution >= 0.6 is 11.6 Å². The second-order valence-corrected chi connectivity index (χ2v) is 5.64. The maximum Gasteiger partial charge on any atom is 0.124 e. The average molecular weight is 292 g/mol. The summed E-state index contributed by atoms with van der Waals surface area (Å²) in [4.78, 5) is 0. The van der Waals surface area contributed by atoms with Gasteiger partial charge in [-0.15, -0.1) is 0 Å². The number of hydrogen-bond acceptors (Lipinski definition) is 1. The van der Waals surface area contributed by atoms with Crippen LogP contribution in [-0.4, -0.2) is 0 Å². The minimum Gasteiger partial charge on any atom is -0.309 e. The monoisotopic (exact) mass is 291 g/mol. The molecule has 2 aromatic rings. The van der Waals surface area contributed by atoms with Crippen LogP contribution in [0, 0.1) is 5.82 Å². The molecule has 20 heavy (non-hydrogen) atoms. The Bertz CT molecular complexity index is 564. The highest BCUT2D eigenvalue weighted by Gasteiger charge is 2.02. The molecule has 0 fully saturated rings. The average Bonchev–Trinajstić information content (AvgIpc) is 2.42. The summed E-state index contributed by atoms with van der Waals surface area (Å²) in [5, 5.41) is 3.79. The highest BCUT2D eigenvalue weighted by atomic mass is 35.5. The summed E-state index contributed by atoms with van der Waals surface area (Å²) >= 11 is 5.99. The van der Waals surface area contributed by atoms with Gasteiger partial charge in [0.2, 0.25) is 0 Å². The number of benzene rings is 2. The number of hydrogen-bond donors (Lipinski definition) is 1. The van der Waals surface area contributed by atoms with Crippen LogP contribution in [0.25, 0.3) is 0 Å². The van der Waals surface area contributed by atoms with Crippen LogP contribution < -0.4 is 5.32 Å². The smallest absolute Gasteiger partial charge is 0.124 e. The quantitative estimate of drug-likeness (QED) is 0.827. The molecule has 0 aliphatic heterocycles. The predicted octanol–water partition coefficient (Wildman–Crippen LogP) is 4.89. The Morgan fingerprint density at radius 1 is 1.05 bits per heavy atom. The minimum atomic E-state index is -0.303. The first-order chi connectivity index (χ1) is 9.56. The van der Waals surface area contributed by atoms with Crippen molar-refractivity contribution in [3.8, 4) is 0 Å². The van der Waals surface area contributed by atoms with Crippen LogP contribution in [0.15, 0.2) is 42.5 Å². The van der Waals surface area contributed by atoms with Gasteiger partial charge in [0.25, 0.3) is 0 Å². The molecular weight excluding hydrogens is 273 g/mol. The van der Waals surface area contributed by atoms with Crippen LogP contribution in [0.4, 0.5) is 4.39 Å². The standard InChI is InChI=1S/C17H19ClFN/c1-12(2)14-5-3-13(4-6-14)10-20-11-15-7-8-16(19)9-17(15)18/h3-9,12,20H,10-11H2,1-2H3. The Morgan fingerprint density at radius 2 is 1.75 bits per heavy atom. The van der Waals surface area contributed by atoms with Gasteiger partial charge in [-0.3, -0.25) is 0 Å². The fraction of sp³-hybridized carbons (Fsp3) is 0.294. The highest BCUT2D eigenvalue weighted by molar-refractivity contribution is 6.31. The molecule has 0 aliphatic rings. The van der Waals surface area contributed by atoms with Gasteiger partial charge in [-0.05, 0) is 34.7 Å². The molecule has 106 valence electrons. The number of nitrogens with one attached hydrogen (secondary N) is 1. The van der Waals surface area contributed by atoms with E-state index in [4.69, 9.17) is 11.6 Å². The van der Waals surface area contributed by atoms with E-state index in [0.717, 1.165) is 12.1 Å². The first-order valence-corrected chi connectivity index (χ1v) is 7.17. The van der Waals surface area contributed by atoms with Crippen molar-refractivity contribution < 1.29 is 4.39 Å². The molecule has 1 N–H and O–H groups in total. The van der Waals surface area contributed by atoms with Gasteiger partial charge in [-0.2, -0.15) is 0 Å². The lowest BCUT2D eigenvalue weighted by molar-refractivity contribution is 0.625. The molecule has 0 saturated heterocycles. The van der Waals surface area contributed by atoms with Crippen molar-refractivity contribution in [2.75, 3.05) is 0 Å². The van der Waals surface area contributed by atoms with Gasteiger partial charge in [0.05, 0.1) is 0 Å². The lowest BCUT2D eigenvalue weighted by atomic mass is 10.0. The van der Waals surface area contributed by atoms with E-state index in [1.54, 1.807) is 6.07 Å². The molecule has 0 spiro atoms. The zero-order valence-corrected chi connectivity index (χ0v) is 12.5. The Hall–Kier alpha value is -1.38. The van der Waals surface area contributed by atoms with Crippen molar-refractivity contribution in [2.24, 2.45) is 0 Å². The molecule has 2 aromatic carbocycles. The molecule has 0 aliphatic carbocycles. The highest BCUT2D eigenvalue weighted by Crippen LogP contribution is 2.17. The van der Waals surface area contributed by atoms with E-state index >= 15 is 0 Å². The van der Waals surface area contributed by atoms with Crippen molar-refractivity contribution in [1.82, 2.24) is 5.32 Å². The first kappa shape index (κ1) is 15.0. The van der Waals surface area contributed by atoms with Crippen LogP contribution in [0.3, 0.4) is 0 Å². The molecule has 0 unspecified atom stereocenters. The molecule has 0 atom stereocenters. The molecule has 3 heteroatoms. The third-order valence-corrected chi connectivity index (χ3v) is 3.66. The third kappa shape index (κ3) is 4.06. The number of rotatable bonds is 5. The predicted molar refractivity (Wildman–Crippen MR) is 82.5 cm³/mol. The summed E-state index contributed by atoms with van der Waals surface area (Å²) in [6.45, 7) is 5.77. The first-order valence-electron chi connectivity index (χ1n) is 6.79. The molecule has 0 aromatic heterocycles. The van der Waals surface area contributed by atoms with Gasteiger partial charge in [-0.1, -0.05) is 55.8 Å². The Labute approximate surface area is 124 Å². The van der Waals surface area contributed by atoms with Crippen molar-refractivity contribution in [1.29, 1.82) is 0 Å². The fourth-order valence-corrected chi connectivity index (χ4v) is 2.26. The van der Waals surface area contributed by atoms with Gasteiger partial charge < -0.3 is 5.32 Å². The normalized spacial score (nSPS) is 11.1. The van der Waals surface area contributed by atoms with Gasteiger partial charge in [0.1, 0.15) is 5.82 Å². The summed E-state index contributed by atoms with van der Waals surface area (Å²) in [5.74, 6) is 0.248. The maximum absolute atomic E-state index is 12.9. The van der Waals surface area contributed by atoms with Gasteiger partial charge >= 0.3 is 0 Å². The molecule has 0 bridgehead atoms. The van der Waals surface area contributed by atoms with Crippen LogP contribution in [0.1, 0.15) is 36.5 Å². The molecule has 0 saturated carbocycles. The Morgan fingerprint density at radius 3 is 2.35 bits per heavy atom. The maximum atomic E-state index is 12.9. The molecule has 0 amide bonds. The van der Waals surface area contributed by atoms with Gasteiger partial charge in [-0.25, -0.2) is 4.39 Å². The molecule has 1 nitrogen and oxygen atoms in total. The third-order valence-electron chi connectivity index (χ3n) is 3.31. The second kappa shape index (κ2) is 6.87. The lowest BCUT2D eigenvalue weighted by Gasteiger charge is -2.09. The van der Waals surface area contributed by atoms with Crippen molar-refractivity contribution in [3.63, 3.8) is 0 Å². The van der Waals surface area contributed by atoms with Crippen molar-refractivity contribution in [2.45, 2.75) is 32.9 Å². The van der Waals surface area contributed by atoms with E-state index in [-0.39, 0.29) is 5.82 Å². The van der Waals surface area contributed by atoms with Crippen molar-refractivity contribution in [3.05, 3.63) is 70.0 Å². The number of halogens is 2. The van der Waals surface area contributed by atoms with E-state index < -0.39 is 0 Å². The Balaban J connectivity index is 1.89. The van der Waals surface area contributed by atoms with E-state index in [0.29, 0.717) is 17.5 Å². The molecule has 2 rings (SSSR count). The van der Waals surface area contributed by atoms with E-state index in [1.165, 1.54) is 23.3 Å². The van der Waals surface area contributed by atoms with E-state index in [1.807, 2.05) is 0 Å². The summed E-state index contributed by atoms with van der Waals surface area (Å²) < 4.78 is 12.9. The van der Waals surface area contributed by atoms with Crippen LogP contribution in [0.2, 0.25) is 5.02 Å². The minimum absolute atomic E-state index is 0.303. The topological polar surface area (TPSA) is 12.0 Å². The second-order valence-electron chi connectivity index (χ2n) is 5.24. The summed E-state index contributed by atoms with van der Waals surface area (Å²) in [6, 6.07) is 13.1. The molecule has 0 heterocycles. The SMILES string of the molecule is CC(C)c1ccc(CNCc2ccc(F)cc2Cl)cc1. The van der Waals surface area contributed by atoms with E-state index in [9.17, 15) is 4.39 Å². The van der Waals surface area contributed by atoms with Gasteiger partial charge in [0, 0.05) is 18.1 Å². The summed E-state index contributed by atoms with van der Waals surface area (Å²) in [6.07, 6.45) is 0.